The lowest BCUT2D eigenvalue weighted by Gasteiger charge is -2.35. The summed E-state index contributed by atoms with van der Waals surface area (Å²) in [5.74, 6) is -2.50. The molecule has 13 nitrogen and oxygen atoms in total. The van der Waals surface area contributed by atoms with Crippen LogP contribution in [0.1, 0.15) is 37.2 Å². The number of ether oxygens (including phenoxy) is 2. The molecule has 0 bridgehead atoms. The third kappa shape index (κ3) is 9.45. The summed E-state index contributed by atoms with van der Waals surface area (Å²) >= 11 is 1.08. The first-order valence-electron chi connectivity index (χ1n) is 13.2. The predicted octanol–water partition coefficient (Wildman–Crippen LogP) is 2.06. The zero-order valence-corrected chi connectivity index (χ0v) is 23.7. The Morgan fingerprint density at radius 1 is 0.976 bits per heavy atom. The van der Waals surface area contributed by atoms with Gasteiger partial charge in [-0.3, -0.25) is 19.2 Å². The molecule has 0 unspecified atom stereocenters. The summed E-state index contributed by atoms with van der Waals surface area (Å²) in [5.41, 5.74) is 0.587. The fraction of sp³-hybridized carbons (Fsp3) is 0.444. The number of aromatic nitrogens is 2. The van der Waals surface area contributed by atoms with Gasteiger partial charge in [0.1, 0.15) is 16.8 Å². The Kier molecular flexibility index (Phi) is 11.9. The maximum atomic E-state index is 13.4. The molecule has 3 rings (SSSR count). The maximum Gasteiger partial charge on any atom is 0.409 e. The van der Waals surface area contributed by atoms with Crippen LogP contribution in [0, 0.1) is 0 Å². The smallest absolute Gasteiger partial charge is 0.409 e. The summed E-state index contributed by atoms with van der Waals surface area (Å²) < 4.78 is 9.98. The Labute approximate surface area is 241 Å². The Morgan fingerprint density at radius 3 is 2.27 bits per heavy atom. The maximum absolute atomic E-state index is 13.4. The molecular formula is C27H33N5O8S. The molecule has 1 aromatic heterocycles. The number of thioether (sulfide) groups is 1. The lowest BCUT2D eigenvalue weighted by molar-refractivity contribution is -0.140. The van der Waals surface area contributed by atoms with Gasteiger partial charge in [-0.2, -0.15) is 0 Å². The van der Waals surface area contributed by atoms with Crippen molar-refractivity contribution in [1.82, 2.24) is 25.1 Å². The van der Waals surface area contributed by atoms with Crippen LogP contribution in [0.15, 0.2) is 41.4 Å². The van der Waals surface area contributed by atoms with Gasteiger partial charge < -0.3 is 29.7 Å². The molecule has 0 aliphatic carbocycles. The molecule has 41 heavy (non-hydrogen) atoms. The highest BCUT2D eigenvalue weighted by molar-refractivity contribution is 7.99. The summed E-state index contributed by atoms with van der Waals surface area (Å²) in [6, 6.07) is 9.21. The SMILES string of the molecule is CCOC(=O)CSc1cc(C(=O)N[C@@H](CCC(=O)O)C(=O)N2CCN(C(=O)OCC)CC2)nc(-c2ccccc2)n1. The number of rotatable bonds is 12. The molecule has 14 heteroatoms. The van der Waals surface area contributed by atoms with Crippen molar-refractivity contribution in [2.24, 2.45) is 0 Å². The van der Waals surface area contributed by atoms with E-state index in [0.717, 1.165) is 11.8 Å². The summed E-state index contributed by atoms with van der Waals surface area (Å²) in [6.07, 6.45) is -0.955. The molecule has 2 heterocycles. The monoisotopic (exact) mass is 587 g/mol. The van der Waals surface area contributed by atoms with Crippen LogP contribution in [0.25, 0.3) is 11.4 Å². The molecule has 1 aromatic carbocycles. The van der Waals surface area contributed by atoms with Gasteiger partial charge >= 0.3 is 18.0 Å². The van der Waals surface area contributed by atoms with E-state index in [4.69, 9.17) is 9.47 Å². The fourth-order valence-electron chi connectivity index (χ4n) is 3.97. The number of carbonyl (C=O) groups is 5. The Hall–Kier alpha value is -4.20. The number of aliphatic carboxylic acids is 1. The van der Waals surface area contributed by atoms with E-state index in [2.05, 4.69) is 15.3 Å². The van der Waals surface area contributed by atoms with Crippen molar-refractivity contribution in [3.63, 3.8) is 0 Å². The number of carboxylic acid groups (broad SMARTS) is 1. The van der Waals surface area contributed by atoms with Crippen molar-refractivity contribution < 1.29 is 38.6 Å². The van der Waals surface area contributed by atoms with Crippen molar-refractivity contribution in [3.05, 3.63) is 42.1 Å². The number of benzene rings is 1. The van der Waals surface area contributed by atoms with Crippen LogP contribution in [-0.2, 0) is 23.9 Å². The lowest BCUT2D eigenvalue weighted by atomic mass is 10.1. The van der Waals surface area contributed by atoms with Gasteiger partial charge in [0, 0.05) is 44.2 Å². The molecule has 220 valence electrons. The van der Waals surface area contributed by atoms with E-state index in [1.807, 2.05) is 6.07 Å². The normalized spacial score (nSPS) is 13.7. The Bertz CT molecular complexity index is 1240. The van der Waals surface area contributed by atoms with Gasteiger partial charge in [-0.25, -0.2) is 14.8 Å². The van der Waals surface area contributed by atoms with Crippen LogP contribution in [0.4, 0.5) is 4.79 Å². The molecule has 0 spiro atoms. The largest absolute Gasteiger partial charge is 0.481 e. The highest BCUT2D eigenvalue weighted by Gasteiger charge is 2.31. The molecule has 1 aliphatic rings. The van der Waals surface area contributed by atoms with E-state index in [1.165, 1.54) is 15.9 Å². The van der Waals surface area contributed by atoms with Crippen LogP contribution < -0.4 is 5.32 Å². The van der Waals surface area contributed by atoms with Gasteiger partial charge in [-0.15, -0.1) is 0 Å². The minimum absolute atomic E-state index is 0.0301. The minimum Gasteiger partial charge on any atom is -0.481 e. The summed E-state index contributed by atoms with van der Waals surface area (Å²) in [7, 11) is 0. The number of amides is 3. The number of carbonyl (C=O) groups excluding carboxylic acids is 4. The number of carboxylic acids is 1. The van der Waals surface area contributed by atoms with Crippen LogP contribution in [-0.4, -0.2) is 106 Å². The van der Waals surface area contributed by atoms with Gasteiger partial charge in [-0.05, 0) is 20.3 Å². The second-order valence-electron chi connectivity index (χ2n) is 8.84. The van der Waals surface area contributed by atoms with E-state index in [1.54, 1.807) is 38.1 Å². The Morgan fingerprint density at radius 2 is 1.63 bits per heavy atom. The van der Waals surface area contributed by atoms with Gasteiger partial charge in [0.2, 0.25) is 5.91 Å². The third-order valence-corrected chi connectivity index (χ3v) is 6.86. The lowest BCUT2D eigenvalue weighted by Crippen LogP contribution is -2.56. The number of esters is 1. The number of piperazine rings is 1. The van der Waals surface area contributed by atoms with E-state index >= 15 is 0 Å². The molecular weight excluding hydrogens is 554 g/mol. The van der Waals surface area contributed by atoms with E-state index in [-0.39, 0.29) is 69.5 Å². The van der Waals surface area contributed by atoms with Crippen molar-refractivity contribution in [3.8, 4) is 11.4 Å². The summed E-state index contributed by atoms with van der Waals surface area (Å²) in [5, 5.41) is 12.2. The number of nitrogens with zero attached hydrogens (tertiary/aromatic N) is 4. The molecule has 3 amide bonds. The summed E-state index contributed by atoms with van der Waals surface area (Å²) in [4.78, 5) is 73.8. The molecule has 1 saturated heterocycles. The van der Waals surface area contributed by atoms with Crippen molar-refractivity contribution in [1.29, 1.82) is 0 Å². The average molecular weight is 588 g/mol. The topological polar surface area (TPSA) is 168 Å². The quantitative estimate of drug-likeness (QED) is 0.212. The van der Waals surface area contributed by atoms with Crippen molar-refractivity contribution in [2.75, 3.05) is 45.1 Å². The predicted molar refractivity (Wildman–Crippen MR) is 148 cm³/mol. The van der Waals surface area contributed by atoms with Crippen LogP contribution in [0.3, 0.4) is 0 Å². The van der Waals surface area contributed by atoms with Crippen LogP contribution in [0.5, 0.6) is 0 Å². The van der Waals surface area contributed by atoms with E-state index < -0.39 is 35.9 Å². The third-order valence-electron chi connectivity index (χ3n) is 5.98. The average Bonchev–Trinajstić information content (AvgIpc) is 2.98. The van der Waals surface area contributed by atoms with Crippen molar-refractivity contribution in [2.45, 2.75) is 37.8 Å². The first kappa shape index (κ1) is 31.3. The van der Waals surface area contributed by atoms with Crippen LogP contribution >= 0.6 is 11.8 Å². The zero-order valence-electron chi connectivity index (χ0n) is 22.9. The van der Waals surface area contributed by atoms with Gasteiger partial charge in [0.25, 0.3) is 5.91 Å². The molecule has 1 aliphatic heterocycles. The van der Waals surface area contributed by atoms with Crippen LogP contribution in [0.2, 0.25) is 0 Å². The summed E-state index contributed by atoms with van der Waals surface area (Å²) in [6.45, 7) is 4.78. The number of hydrogen-bond acceptors (Lipinski definition) is 10. The fourth-order valence-corrected chi connectivity index (χ4v) is 4.66. The van der Waals surface area contributed by atoms with E-state index in [0.29, 0.717) is 10.6 Å². The molecule has 0 saturated carbocycles. The molecule has 1 atom stereocenters. The molecule has 1 fully saturated rings. The van der Waals surface area contributed by atoms with Gasteiger partial charge in [0.15, 0.2) is 5.82 Å². The molecule has 2 N–H and O–H groups in total. The van der Waals surface area contributed by atoms with Gasteiger partial charge in [0.05, 0.1) is 19.0 Å². The minimum atomic E-state index is -1.14. The second-order valence-corrected chi connectivity index (χ2v) is 9.84. The van der Waals surface area contributed by atoms with Crippen molar-refractivity contribution >= 4 is 41.6 Å². The molecule has 0 radical (unpaired) electrons. The number of nitrogens with one attached hydrogen (secondary N) is 1. The van der Waals surface area contributed by atoms with Gasteiger partial charge in [-0.1, -0.05) is 42.1 Å². The standard InChI is InChI=1S/C27H33N5O8S/c1-3-39-23(35)17-41-21-16-20(28-24(30-21)18-8-6-5-7-9-18)25(36)29-19(10-11-22(33)34)26(37)31-12-14-32(15-13-31)27(38)40-4-2/h5-9,16,19H,3-4,10-15,17H2,1-2H3,(H,29,36)(H,33,34)/t19-/m0/s1. The number of hydrogen-bond donors (Lipinski definition) is 2. The molecule has 2 aromatic rings. The second kappa shape index (κ2) is 15.6. The zero-order chi connectivity index (χ0) is 29.8. The first-order valence-corrected chi connectivity index (χ1v) is 14.2. The highest BCUT2D eigenvalue weighted by Crippen LogP contribution is 2.22. The van der Waals surface area contributed by atoms with E-state index in [9.17, 15) is 29.1 Å². The highest BCUT2D eigenvalue weighted by atomic mass is 32.2. The first-order chi connectivity index (χ1) is 19.7. The Balaban J connectivity index is 1.80.